The molecule has 82 valence electrons. The van der Waals surface area contributed by atoms with E-state index in [1.165, 1.54) is 0 Å². The molecule has 4 heteroatoms. The molecule has 15 heavy (non-hydrogen) atoms. The fraction of sp³-hybridized carbons (Fsp3) is 0.364. The first-order valence-electron chi connectivity index (χ1n) is 5.11. The highest BCUT2D eigenvalue weighted by atomic mass is 35.5. The maximum absolute atomic E-state index is 6.03. The van der Waals surface area contributed by atoms with E-state index < -0.39 is 0 Å². The summed E-state index contributed by atoms with van der Waals surface area (Å²) >= 11 is 6.03. The molecule has 0 atom stereocenters. The Bertz CT molecular complexity index is 398. The van der Waals surface area contributed by atoms with Crippen molar-refractivity contribution in [2.75, 3.05) is 6.54 Å². The molecule has 0 aromatic carbocycles. The van der Waals surface area contributed by atoms with Crippen molar-refractivity contribution in [1.82, 2.24) is 10.3 Å². The van der Waals surface area contributed by atoms with Gasteiger partial charge in [-0.15, -0.1) is 0 Å². The summed E-state index contributed by atoms with van der Waals surface area (Å²) in [7, 11) is 0. The number of hydrogen-bond acceptors (Lipinski definition) is 3. The van der Waals surface area contributed by atoms with E-state index in [0.717, 1.165) is 29.1 Å². The summed E-state index contributed by atoms with van der Waals surface area (Å²) < 4.78 is 0. The number of halogens is 1. The monoisotopic (exact) mass is 225 g/mol. The summed E-state index contributed by atoms with van der Waals surface area (Å²) in [6.07, 6.45) is 4.26. The van der Waals surface area contributed by atoms with Crippen molar-refractivity contribution in [3.8, 4) is 0 Å². The first kappa shape index (κ1) is 11.9. The van der Waals surface area contributed by atoms with Crippen LogP contribution in [0.2, 0.25) is 0 Å². The van der Waals surface area contributed by atoms with Gasteiger partial charge in [-0.2, -0.15) is 0 Å². The van der Waals surface area contributed by atoms with E-state index in [2.05, 4.69) is 10.3 Å². The van der Waals surface area contributed by atoms with Crippen molar-refractivity contribution in [2.45, 2.75) is 20.3 Å². The van der Waals surface area contributed by atoms with Crippen LogP contribution < -0.4 is 21.5 Å². The second-order valence-corrected chi connectivity index (χ2v) is 3.32. The molecule has 1 aromatic rings. The van der Waals surface area contributed by atoms with Crippen molar-refractivity contribution in [3.05, 3.63) is 28.9 Å². The Morgan fingerprint density at radius 2 is 2.13 bits per heavy atom. The Kier molecular flexibility index (Phi) is 4.43. The summed E-state index contributed by atoms with van der Waals surface area (Å²) in [6.45, 7) is 4.78. The van der Waals surface area contributed by atoms with E-state index in [4.69, 9.17) is 17.3 Å². The van der Waals surface area contributed by atoms with Gasteiger partial charge < -0.3 is 11.1 Å². The Morgan fingerprint density at radius 3 is 2.87 bits per heavy atom. The minimum absolute atomic E-state index is 0.651. The summed E-state index contributed by atoms with van der Waals surface area (Å²) in [6, 6.07) is 1.86. The van der Waals surface area contributed by atoms with E-state index in [1.54, 1.807) is 12.4 Å². The molecule has 0 bridgehead atoms. The molecule has 0 aliphatic carbocycles. The SMILES string of the molecule is CC.NC1=c2cnccc2=C(Cl)NCC1. The molecule has 2 heterocycles. The highest BCUT2D eigenvalue weighted by Crippen LogP contribution is 1.98. The third-order valence-corrected chi connectivity index (χ3v) is 2.42. The summed E-state index contributed by atoms with van der Waals surface area (Å²) in [5, 5.41) is 5.61. The van der Waals surface area contributed by atoms with Crippen molar-refractivity contribution in [2.24, 2.45) is 5.73 Å². The highest BCUT2D eigenvalue weighted by Gasteiger charge is 2.03. The zero-order chi connectivity index (χ0) is 11.3. The van der Waals surface area contributed by atoms with Gasteiger partial charge in [0.05, 0.1) is 0 Å². The van der Waals surface area contributed by atoms with Gasteiger partial charge in [0.15, 0.2) is 0 Å². The molecule has 0 fully saturated rings. The number of nitrogens with zero attached hydrogens (tertiary/aromatic N) is 1. The molecule has 0 unspecified atom stereocenters. The highest BCUT2D eigenvalue weighted by molar-refractivity contribution is 6.44. The lowest BCUT2D eigenvalue weighted by molar-refractivity contribution is 0.888. The first-order chi connectivity index (χ1) is 7.29. The number of hydrogen-bond donors (Lipinski definition) is 2. The van der Waals surface area contributed by atoms with E-state index in [-0.39, 0.29) is 0 Å². The van der Waals surface area contributed by atoms with Gasteiger partial charge in [-0.3, -0.25) is 4.98 Å². The molecule has 0 spiro atoms. The summed E-state index contributed by atoms with van der Waals surface area (Å²) in [4.78, 5) is 4.02. The number of rotatable bonds is 0. The molecule has 1 aromatic heterocycles. The van der Waals surface area contributed by atoms with Crippen LogP contribution in [0, 0.1) is 0 Å². The van der Waals surface area contributed by atoms with Crippen molar-refractivity contribution < 1.29 is 0 Å². The summed E-state index contributed by atoms with van der Waals surface area (Å²) in [5.41, 5.74) is 6.71. The second kappa shape index (κ2) is 5.61. The van der Waals surface area contributed by atoms with Gasteiger partial charge in [-0.05, 0) is 6.07 Å². The van der Waals surface area contributed by atoms with Crippen LogP contribution in [0.15, 0.2) is 18.5 Å². The number of nitrogens with one attached hydrogen (secondary N) is 1. The average molecular weight is 226 g/mol. The normalized spacial score (nSPS) is 14.3. The van der Waals surface area contributed by atoms with E-state index in [1.807, 2.05) is 19.9 Å². The van der Waals surface area contributed by atoms with E-state index in [0.29, 0.717) is 5.16 Å². The van der Waals surface area contributed by atoms with Gasteiger partial charge in [-0.25, -0.2) is 0 Å². The lowest BCUT2D eigenvalue weighted by Crippen LogP contribution is -2.31. The quantitative estimate of drug-likeness (QED) is 0.632. The number of nitrogens with two attached hydrogens (primary N) is 1. The minimum Gasteiger partial charge on any atom is -0.401 e. The minimum atomic E-state index is 0.651. The van der Waals surface area contributed by atoms with Crippen LogP contribution in [0.25, 0.3) is 10.9 Å². The van der Waals surface area contributed by atoms with Crippen molar-refractivity contribution in [1.29, 1.82) is 0 Å². The standard InChI is InChI=1S/C9H10ClN3.C2H6/c10-9-6-1-3-12-5-7(6)8(11)2-4-13-9;1-2/h1,3,5,13H,2,4,11H2;1-2H3. The zero-order valence-electron chi connectivity index (χ0n) is 9.05. The Balaban J connectivity index is 0.000000531. The molecular formula is C11H16ClN3. The molecule has 2 rings (SSSR count). The van der Waals surface area contributed by atoms with Crippen LogP contribution >= 0.6 is 11.6 Å². The number of aromatic nitrogens is 1. The first-order valence-corrected chi connectivity index (χ1v) is 5.49. The van der Waals surface area contributed by atoms with Crippen LogP contribution in [0.4, 0.5) is 0 Å². The van der Waals surface area contributed by atoms with Crippen molar-refractivity contribution >= 4 is 22.5 Å². The maximum atomic E-state index is 6.03. The van der Waals surface area contributed by atoms with Gasteiger partial charge >= 0.3 is 0 Å². The van der Waals surface area contributed by atoms with Crippen LogP contribution in [0.3, 0.4) is 0 Å². The Hall–Kier alpha value is -1.22. The van der Waals surface area contributed by atoms with Gasteiger partial charge in [0.2, 0.25) is 0 Å². The fourth-order valence-electron chi connectivity index (χ4n) is 1.38. The largest absolute Gasteiger partial charge is 0.401 e. The van der Waals surface area contributed by atoms with Gasteiger partial charge in [0.1, 0.15) is 5.16 Å². The maximum Gasteiger partial charge on any atom is 0.110 e. The van der Waals surface area contributed by atoms with E-state index >= 15 is 0 Å². The molecule has 1 aliphatic rings. The van der Waals surface area contributed by atoms with Gasteiger partial charge in [-0.1, -0.05) is 25.4 Å². The topological polar surface area (TPSA) is 50.9 Å². The third-order valence-electron chi connectivity index (χ3n) is 2.08. The van der Waals surface area contributed by atoms with Gasteiger partial charge in [0, 0.05) is 41.5 Å². The van der Waals surface area contributed by atoms with Crippen LogP contribution in [0.1, 0.15) is 20.3 Å². The molecule has 3 N–H and O–H groups in total. The third kappa shape index (κ3) is 2.63. The fourth-order valence-corrected chi connectivity index (χ4v) is 1.64. The summed E-state index contributed by atoms with van der Waals surface area (Å²) in [5.74, 6) is 0. The molecule has 0 saturated heterocycles. The van der Waals surface area contributed by atoms with Gasteiger partial charge in [0.25, 0.3) is 0 Å². The lowest BCUT2D eigenvalue weighted by atomic mass is 10.2. The smallest absolute Gasteiger partial charge is 0.110 e. The Labute approximate surface area is 94.7 Å². The van der Waals surface area contributed by atoms with Crippen LogP contribution in [0.5, 0.6) is 0 Å². The van der Waals surface area contributed by atoms with Crippen LogP contribution in [-0.4, -0.2) is 11.5 Å². The second-order valence-electron chi connectivity index (χ2n) is 2.94. The molecule has 0 saturated carbocycles. The number of pyridine rings is 1. The average Bonchev–Trinajstić information content (AvgIpc) is 2.44. The molecule has 0 radical (unpaired) electrons. The predicted molar refractivity (Wildman–Crippen MR) is 64.3 cm³/mol. The lowest BCUT2D eigenvalue weighted by Gasteiger charge is -1.99. The molecule has 0 amide bonds. The van der Waals surface area contributed by atoms with Crippen LogP contribution in [-0.2, 0) is 0 Å². The van der Waals surface area contributed by atoms with E-state index in [9.17, 15) is 0 Å². The zero-order valence-corrected chi connectivity index (χ0v) is 9.80. The Morgan fingerprint density at radius 1 is 1.40 bits per heavy atom. The molecule has 1 aliphatic heterocycles. The predicted octanol–water partition coefficient (Wildman–Crippen LogP) is 0.472. The molecular weight excluding hydrogens is 210 g/mol. The molecule has 3 nitrogen and oxygen atoms in total. The van der Waals surface area contributed by atoms with Crippen molar-refractivity contribution in [3.63, 3.8) is 0 Å². The number of fused-ring (bicyclic) bond motifs is 1.